The normalized spacial score (nSPS) is 38.0. The average molecular weight is 543 g/mol. The summed E-state index contributed by atoms with van der Waals surface area (Å²) in [5, 5.41) is 0. The van der Waals surface area contributed by atoms with Gasteiger partial charge in [0, 0.05) is 38.0 Å². The first-order valence-corrected chi connectivity index (χ1v) is 15.4. The summed E-state index contributed by atoms with van der Waals surface area (Å²) in [6.07, 6.45) is 8.13. The molecule has 0 heterocycles. The number of fused-ring (bicyclic) bond motifs is 5. The second-order valence-corrected chi connectivity index (χ2v) is 14.0. The van der Waals surface area contributed by atoms with Gasteiger partial charge >= 0.3 is 11.9 Å². The maximum atomic E-state index is 14.0. The molecule has 4 aliphatic rings. The Morgan fingerprint density at radius 3 is 2.26 bits per heavy atom. The topological polar surface area (TPSA) is 86.7 Å². The van der Waals surface area contributed by atoms with Gasteiger partial charge in [-0.3, -0.25) is 19.2 Å². The van der Waals surface area contributed by atoms with Crippen molar-refractivity contribution in [3.8, 4) is 0 Å². The fourth-order valence-corrected chi connectivity index (χ4v) is 9.59. The predicted octanol–water partition coefficient (Wildman–Crippen LogP) is 6.50. The van der Waals surface area contributed by atoms with Crippen LogP contribution < -0.4 is 0 Å². The molecule has 6 heteroatoms. The van der Waals surface area contributed by atoms with Gasteiger partial charge in [0.2, 0.25) is 0 Å². The fraction of sp³-hybridized carbons (Fsp3) is 0.818. The predicted molar refractivity (Wildman–Crippen MR) is 149 cm³/mol. The van der Waals surface area contributed by atoms with E-state index in [1.807, 2.05) is 13.0 Å². The summed E-state index contributed by atoms with van der Waals surface area (Å²) in [5.41, 5.74) is 1.03. The van der Waals surface area contributed by atoms with E-state index in [2.05, 4.69) is 34.6 Å². The van der Waals surface area contributed by atoms with E-state index < -0.39 is 12.1 Å². The average Bonchev–Trinajstić information content (AvgIpc) is 3.20. The Hall–Kier alpha value is -1.98. The van der Waals surface area contributed by atoms with E-state index in [4.69, 9.17) is 9.47 Å². The number of carbonyl (C=O) groups excluding carboxylic acids is 4. The van der Waals surface area contributed by atoms with E-state index in [9.17, 15) is 19.2 Å². The minimum Gasteiger partial charge on any atom is -0.462 e. The van der Waals surface area contributed by atoms with Crippen molar-refractivity contribution in [2.45, 2.75) is 119 Å². The van der Waals surface area contributed by atoms with Crippen molar-refractivity contribution < 1.29 is 28.7 Å². The Bertz CT molecular complexity index is 1030. The lowest BCUT2D eigenvalue weighted by Gasteiger charge is -2.57. The van der Waals surface area contributed by atoms with Crippen LogP contribution in [0.4, 0.5) is 0 Å². The van der Waals surface area contributed by atoms with Crippen LogP contribution >= 0.6 is 0 Å². The van der Waals surface area contributed by atoms with Crippen LogP contribution in [0, 0.1) is 52.3 Å². The first-order valence-electron chi connectivity index (χ1n) is 15.4. The second-order valence-electron chi connectivity index (χ2n) is 14.0. The molecule has 0 aliphatic heterocycles. The zero-order chi connectivity index (χ0) is 28.9. The number of Topliss-reactive ketones (excluding diaryl/α,β-unsaturated/α-hetero) is 1. The maximum Gasteiger partial charge on any atom is 0.303 e. The molecule has 0 aromatic rings. The van der Waals surface area contributed by atoms with Crippen molar-refractivity contribution in [1.29, 1.82) is 0 Å². The molecule has 0 spiro atoms. The quantitative estimate of drug-likeness (QED) is 0.326. The van der Waals surface area contributed by atoms with E-state index in [0.717, 1.165) is 50.5 Å². The number of rotatable bonds is 8. The van der Waals surface area contributed by atoms with Crippen LogP contribution in [0.15, 0.2) is 11.6 Å². The van der Waals surface area contributed by atoms with Crippen LogP contribution in [0.3, 0.4) is 0 Å². The smallest absolute Gasteiger partial charge is 0.303 e. The number of ketones is 2. The van der Waals surface area contributed by atoms with Crippen molar-refractivity contribution >= 4 is 23.5 Å². The summed E-state index contributed by atoms with van der Waals surface area (Å²) in [7, 11) is 0. The van der Waals surface area contributed by atoms with Gasteiger partial charge in [0.1, 0.15) is 6.10 Å². The van der Waals surface area contributed by atoms with Gasteiger partial charge in [-0.2, -0.15) is 0 Å². The minimum atomic E-state index is -0.713. The number of carbonyl (C=O) groups is 4. The van der Waals surface area contributed by atoms with Gasteiger partial charge in [-0.05, 0) is 85.5 Å². The minimum absolute atomic E-state index is 0.00451. The Balaban J connectivity index is 1.58. The third kappa shape index (κ3) is 5.26. The molecule has 0 N–H and O–H groups in total. The van der Waals surface area contributed by atoms with Crippen molar-refractivity contribution in [2.24, 2.45) is 52.3 Å². The number of ether oxygens (including phenoxy) is 2. The second kappa shape index (κ2) is 11.1. The van der Waals surface area contributed by atoms with Crippen molar-refractivity contribution in [1.82, 2.24) is 0 Å². The number of hydrogen-bond donors (Lipinski definition) is 0. The zero-order valence-corrected chi connectivity index (χ0v) is 25.4. The van der Waals surface area contributed by atoms with Crippen LogP contribution in [-0.2, 0) is 28.7 Å². The summed E-state index contributed by atoms with van der Waals surface area (Å²) in [6, 6.07) is 0. The lowest BCUT2D eigenvalue weighted by Crippen LogP contribution is -2.54. The molecule has 0 radical (unpaired) electrons. The monoisotopic (exact) mass is 542 g/mol. The third-order valence-corrected chi connectivity index (χ3v) is 11.6. The maximum absolute atomic E-state index is 14.0. The molecule has 0 aromatic heterocycles. The SMILES string of the molecule is CC[C@@H](C(C)C)[C@@H](OC(C)=O)C(=O)[C@@H](C)[C@H]1CC[C@H]2[C@@H]3C(=O)C=C4C[C@@H](OC(C)=O)CC[C@]4(C)[C@H]3CC[C@]12C. The largest absolute Gasteiger partial charge is 0.462 e. The fourth-order valence-electron chi connectivity index (χ4n) is 9.59. The number of allylic oxidation sites excluding steroid dienone is 1. The van der Waals surface area contributed by atoms with Crippen LogP contribution in [-0.4, -0.2) is 35.7 Å². The Labute approximate surface area is 235 Å². The number of esters is 2. The highest BCUT2D eigenvalue weighted by Gasteiger charge is 2.62. The van der Waals surface area contributed by atoms with E-state index in [1.165, 1.54) is 13.8 Å². The number of hydrogen-bond acceptors (Lipinski definition) is 6. The molecule has 0 aromatic carbocycles. The van der Waals surface area contributed by atoms with Gasteiger partial charge in [0.15, 0.2) is 17.7 Å². The molecular weight excluding hydrogens is 492 g/mol. The van der Waals surface area contributed by atoms with Crippen LogP contribution in [0.2, 0.25) is 0 Å². The van der Waals surface area contributed by atoms with Crippen LogP contribution in [0.5, 0.6) is 0 Å². The molecule has 4 aliphatic carbocycles. The first-order chi connectivity index (χ1) is 18.2. The molecule has 0 bridgehead atoms. The van der Waals surface area contributed by atoms with E-state index in [1.54, 1.807) is 0 Å². The molecule has 0 saturated heterocycles. The molecule has 218 valence electrons. The standard InChI is InChI=1S/C33H50O6/c1-9-24(18(2)3)31(39-21(6)35)30(37)19(4)25-10-11-26-29-27(13-15-33(25,26)8)32(7)14-12-23(38-20(5)34)16-22(32)17-28(29)36/h17-19,23-27,29,31H,9-16H2,1-8H3/t19-,23-,24-,25+,26-,27-,29-,31+,32-,33+/m0/s1. The summed E-state index contributed by atoms with van der Waals surface area (Å²) in [4.78, 5) is 51.3. The molecule has 10 atom stereocenters. The van der Waals surface area contributed by atoms with E-state index in [0.29, 0.717) is 12.3 Å². The summed E-state index contributed by atoms with van der Waals surface area (Å²) < 4.78 is 11.2. The Morgan fingerprint density at radius 2 is 1.67 bits per heavy atom. The van der Waals surface area contributed by atoms with Crippen molar-refractivity contribution in [3.63, 3.8) is 0 Å². The zero-order valence-electron chi connectivity index (χ0n) is 25.4. The third-order valence-electron chi connectivity index (χ3n) is 11.6. The molecule has 4 rings (SSSR count). The van der Waals surface area contributed by atoms with E-state index >= 15 is 0 Å². The van der Waals surface area contributed by atoms with Gasteiger partial charge in [0.05, 0.1) is 0 Å². The van der Waals surface area contributed by atoms with Crippen LogP contribution in [0.25, 0.3) is 0 Å². The summed E-state index contributed by atoms with van der Waals surface area (Å²) in [6.45, 7) is 15.8. The molecular formula is C33H50O6. The van der Waals surface area contributed by atoms with Gasteiger partial charge < -0.3 is 9.47 Å². The highest BCUT2D eigenvalue weighted by Crippen LogP contribution is 2.66. The molecule has 39 heavy (non-hydrogen) atoms. The van der Waals surface area contributed by atoms with Gasteiger partial charge in [-0.15, -0.1) is 0 Å². The lowest BCUT2D eigenvalue weighted by atomic mass is 9.46. The van der Waals surface area contributed by atoms with Crippen molar-refractivity contribution in [2.75, 3.05) is 0 Å². The molecule has 0 unspecified atom stereocenters. The lowest BCUT2D eigenvalue weighted by molar-refractivity contribution is -0.161. The van der Waals surface area contributed by atoms with Gasteiger partial charge in [-0.1, -0.05) is 47.1 Å². The highest BCUT2D eigenvalue weighted by molar-refractivity contribution is 5.94. The molecule has 6 nitrogen and oxygen atoms in total. The Morgan fingerprint density at radius 1 is 0.974 bits per heavy atom. The summed E-state index contributed by atoms with van der Waals surface area (Å²) >= 11 is 0. The van der Waals surface area contributed by atoms with Gasteiger partial charge in [0.25, 0.3) is 0 Å². The molecule has 3 fully saturated rings. The first kappa shape index (κ1) is 30.0. The summed E-state index contributed by atoms with van der Waals surface area (Å²) in [5.74, 6) is 0.328. The molecule has 0 amide bonds. The molecule has 3 saturated carbocycles. The van der Waals surface area contributed by atoms with Crippen molar-refractivity contribution in [3.05, 3.63) is 11.6 Å². The van der Waals surface area contributed by atoms with Gasteiger partial charge in [-0.25, -0.2) is 0 Å². The highest BCUT2D eigenvalue weighted by atomic mass is 16.5. The Kier molecular flexibility index (Phi) is 8.55. The van der Waals surface area contributed by atoms with Crippen LogP contribution in [0.1, 0.15) is 107 Å². The van der Waals surface area contributed by atoms with E-state index in [-0.39, 0.29) is 70.0 Å².